The molecule has 2 aromatic rings. The molecular weight excluding hydrogens is 674 g/mol. The molecule has 0 aromatic heterocycles. The number of nitrogens with zero attached hydrogens (tertiary/aromatic N) is 2. The molecule has 1 spiro atoms. The van der Waals surface area contributed by atoms with Crippen LogP contribution in [0.5, 0.6) is 0 Å². The third-order valence-corrected chi connectivity index (χ3v) is 10.7. The van der Waals surface area contributed by atoms with Crippen LogP contribution in [0.2, 0.25) is 5.02 Å². The van der Waals surface area contributed by atoms with Crippen LogP contribution >= 0.6 is 11.6 Å². The number of hydrogen-bond acceptors (Lipinski definition) is 8. The van der Waals surface area contributed by atoms with Crippen molar-refractivity contribution in [2.45, 2.75) is 81.9 Å². The predicted octanol–water partition coefficient (Wildman–Crippen LogP) is 4.69. The van der Waals surface area contributed by atoms with Crippen molar-refractivity contribution in [2.24, 2.45) is 11.8 Å². The number of para-hydroxylation sites is 1. The number of halogens is 1. The van der Waals surface area contributed by atoms with Crippen molar-refractivity contribution >= 4 is 41.0 Å². The summed E-state index contributed by atoms with van der Waals surface area (Å²) in [5.74, 6) is -3.90. The molecule has 3 saturated heterocycles. The van der Waals surface area contributed by atoms with E-state index in [9.17, 15) is 24.3 Å². The molecule has 2 aromatic carbocycles. The summed E-state index contributed by atoms with van der Waals surface area (Å²) in [5.41, 5.74) is 0.517. The standard InChI is InChI=1S/C39H48ClN3O8/c1-6-9-18-30(45)41-28(23-49-5)34(25-15-11-10-12-16-25)50-38(48)31-29-19-20-39(51-29)32(31)36(46)43(26(8-3)22-44)35(39)37(47)42(21-7-2)33-24(4)14-13-17-27(33)40/h6-7,10-17,26,28-29,31-32,34-35,44H,1-2,8-9,18-23H2,3-5H3,(H,41,45)/t26-,28+,29-,31+,32+,34+,35-,39+/m0/s1. The average molecular weight is 722 g/mol. The second kappa shape index (κ2) is 16.5. The number of likely N-dealkylation sites (tertiary alicyclic amines) is 1. The summed E-state index contributed by atoms with van der Waals surface area (Å²) < 4.78 is 18.4. The molecule has 8 atom stereocenters. The number of rotatable bonds is 17. The highest BCUT2D eigenvalue weighted by Gasteiger charge is 2.75. The van der Waals surface area contributed by atoms with E-state index in [1.807, 2.05) is 26.0 Å². The lowest BCUT2D eigenvalue weighted by molar-refractivity contribution is -0.163. The van der Waals surface area contributed by atoms with Gasteiger partial charge in [0.1, 0.15) is 17.7 Å². The Morgan fingerprint density at radius 3 is 2.55 bits per heavy atom. The van der Waals surface area contributed by atoms with Gasteiger partial charge in [0.2, 0.25) is 11.8 Å². The Labute approximate surface area is 304 Å². The predicted molar refractivity (Wildman–Crippen MR) is 193 cm³/mol. The number of methoxy groups -OCH3 is 1. The smallest absolute Gasteiger partial charge is 0.313 e. The number of carbonyl (C=O) groups excluding carboxylic acids is 4. The molecule has 2 bridgehead atoms. The van der Waals surface area contributed by atoms with Crippen LogP contribution < -0.4 is 10.2 Å². The maximum Gasteiger partial charge on any atom is 0.313 e. The Morgan fingerprint density at radius 2 is 1.92 bits per heavy atom. The van der Waals surface area contributed by atoms with Crippen LogP contribution in [-0.4, -0.2) is 90.4 Å². The van der Waals surface area contributed by atoms with E-state index in [1.165, 1.54) is 16.9 Å². The number of fused-ring (bicyclic) bond motifs is 1. The second-order valence-electron chi connectivity index (χ2n) is 13.4. The van der Waals surface area contributed by atoms with E-state index in [-0.39, 0.29) is 32.1 Å². The molecule has 0 aliphatic carbocycles. The number of carbonyl (C=O) groups is 4. The van der Waals surface area contributed by atoms with E-state index in [1.54, 1.807) is 48.6 Å². The Morgan fingerprint density at radius 1 is 1.18 bits per heavy atom. The summed E-state index contributed by atoms with van der Waals surface area (Å²) in [5, 5.41) is 13.8. The Kier molecular flexibility index (Phi) is 12.4. The zero-order chi connectivity index (χ0) is 36.9. The zero-order valence-electron chi connectivity index (χ0n) is 29.5. The summed E-state index contributed by atoms with van der Waals surface area (Å²) in [4.78, 5) is 59.9. The number of benzene rings is 2. The first-order valence-corrected chi connectivity index (χ1v) is 17.9. The van der Waals surface area contributed by atoms with Gasteiger partial charge in [0.15, 0.2) is 0 Å². The van der Waals surface area contributed by atoms with Crippen molar-refractivity contribution in [3.63, 3.8) is 0 Å². The maximum atomic E-state index is 14.9. The number of aliphatic hydroxyl groups is 1. The fraction of sp³-hybridized carbons (Fsp3) is 0.487. The number of aryl methyl sites for hydroxylation is 1. The molecule has 5 rings (SSSR count). The molecule has 0 radical (unpaired) electrons. The highest BCUT2D eigenvalue weighted by atomic mass is 35.5. The molecule has 3 heterocycles. The number of aliphatic hydroxyl groups excluding tert-OH is 1. The molecular formula is C39H48ClN3O8. The molecule has 0 saturated carbocycles. The first-order valence-electron chi connectivity index (χ1n) is 17.5. The van der Waals surface area contributed by atoms with Gasteiger partial charge in [0, 0.05) is 20.1 Å². The lowest BCUT2D eigenvalue weighted by Gasteiger charge is -2.39. The SMILES string of the molecule is C=CCCC(=O)N[C@H](COC)[C@H](OC(=O)[C@@H]1[C@@H]2CC[C@]3(O2)[C@H](C(=O)N(CC=C)c2c(C)cccc2Cl)N([C@@H](CC)CO)C(=O)[C@@H]13)c1ccccc1. The van der Waals surface area contributed by atoms with Gasteiger partial charge in [-0.2, -0.15) is 0 Å². The monoisotopic (exact) mass is 721 g/mol. The number of ether oxygens (including phenoxy) is 3. The van der Waals surface area contributed by atoms with Crippen LogP contribution in [0, 0.1) is 18.8 Å². The van der Waals surface area contributed by atoms with Crippen LogP contribution in [0.15, 0.2) is 73.8 Å². The quantitative estimate of drug-likeness (QED) is 0.178. The van der Waals surface area contributed by atoms with Gasteiger partial charge in [-0.3, -0.25) is 19.2 Å². The number of hydrogen-bond donors (Lipinski definition) is 2. The minimum absolute atomic E-state index is 0.0448. The van der Waals surface area contributed by atoms with Crippen molar-refractivity contribution in [3.05, 3.63) is 90.0 Å². The fourth-order valence-corrected chi connectivity index (χ4v) is 8.43. The van der Waals surface area contributed by atoms with Crippen LogP contribution in [0.1, 0.15) is 56.3 Å². The van der Waals surface area contributed by atoms with Gasteiger partial charge in [-0.25, -0.2) is 0 Å². The van der Waals surface area contributed by atoms with Crippen LogP contribution in [0.25, 0.3) is 0 Å². The minimum Gasteiger partial charge on any atom is -0.455 e. The molecule has 3 amide bonds. The topological polar surface area (TPSA) is 135 Å². The zero-order valence-corrected chi connectivity index (χ0v) is 30.2. The van der Waals surface area contributed by atoms with E-state index in [2.05, 4.69) is 18.5 Å². The lowest BCUT2D eigenvalue weighted by Crippen LogP contribution is -2.59. The molecule has 3 fully saturated rings. The third-order valence-electron chi connectivity index (χ3n) is 10.4. The summed E-state index contributed by atoms with van der Waals surface area (Å²) in [6.07, 6.45) is 3.38. The minimum atomic E-state index is -1.35. The molecule has 12 heteroatoms. The summed E-state index contributed by atoms with van der Waals surface area (Å²) >= 11 is 6.67. The first-order chi connectivity index (χ1) is 24.6. The summed E-state index contributed by atoms with van der Waals surface area (Å²) in [7, 11) is 1.49. The van der Waals surface area contributed by atoms with E-state index >= 15 is 0 Å². The van der Waals surface area contributed by atoms with Crippen molar-refractivity contribution in [1.29, 1.82) is 0 Å². The number of allylic oxidation sites excluding steroid dienone is 1. The van der Waals surface area contributed by atoms with E-state index in [4.69, 9.17) is 25.8 Å². The molecule has 2 N–H and O–H groups in total. The van der Waals surface area contributed by atoms with E-state index in [0.29, 0.717) is 42.0 Å². The van der Waals surface area contributed by atoms with Crippen molar-refractivity contribution in [2.75, 3.05) is 31.8 Å². The number of nitrogens with one attached hydrogen (secondary N) is 1. The Balaban J connectivity index is 1.54. The Bertz CT molecular complexity index is 1600. The molecule has 3 aliphatic rings. The second-order valence-corrected chi connectivity index (χ2v) is 13.8. The number of anilines is 1. The van der Waals surface area contributed by atoms with E-state index < -0.39 is 65.6 Å². The number of amides is 3. The van der Waals surface area contributed by atoms with Crippen LogP contribution in [0.4, 0.5) is 5.69 Å². The average Bonchev–Trinajstić information content (AvgIpc) is 3.77. The van der Waals surface area contributed by atoms with Crippen LogP contribution in [-0.2, 0) is 33.4 Å². The lowest BCUT2D eigenvalue weighted by atomic mass is 9.70. The highest BCUT2D eigenvalue weighted by molar-refractivity contribution is 6.34. The largest absolute Gasteiger partial charge is 0.455 e. The van der Waals surface area contributed by atoms with Crippen molar-refractivity contribution in [1.82, 2.24) is 10.2 Å². The molecule has 3 aliphatic heterocycles. The van der Waals surface area contributed by atoms with E-state index in [0.717, 1.165) is 5.56 Å². The highest BCUT2D eigenvalue weighted by Crippen LogP contribution is 2.59. The van der Waals surface area contributed by atoms with Gasteiger partial charge in [-0.1, -0.05) is 73.1 Å². The van der Waals surface area contributed by atoms with Crippen molar-refractivity contribution in [3.8, 4) is 0 Å². The van der Waals surface area contributed by atoms with Crippen LogP contribution in [0.3, 0.4) is 0 Å². The van der Waals surface area contributed by atoms with Gasteiger partial charge in [-0.05, 0) is 49.8 Å². The van der Waals surface area contributed by atoms with Gasteiger partial charge >= 0.3 is 5.97 Å². The van der Waals surface area contributed by atoms with Gasteiger partial charge in [0.25, 0.3) is 5.91 Å². The molecule has 274 valence electrons. The van der Waals surface area contributed by atoms with Gasteiger partial charge in [-0.15, -0.1) is 13.2 Å². The van der Waals surface area contributed by atoms with Crippen molar-refractivity contribution < 1.29 is 38.5 Å². The summed E-state index contributed by atoms with van der Waals surface area (Å²) in [6.45, 7) is 11.0. The first kappa shape index (κ1) is 38.2. The third kappa shape index (κ3) is 7.22. The van der Waals surface area contributed by atoms with Gasteiger partial charge < -0.3 is 34.4 Å². The Hall–Kier alpha value is -4.03. The van der Waals surface area contributed by atoms with Gasteiger partial charge in [0.05, 0.1) is 53.9 Å². The molecule has 51 heavy (non-hydrogen) atoms. The number of esters is 1. The summed E-state index contributed by atoms with van der Waals surface area (Å²) in [6, 6.07) is 11.8. The fourth-order valence-electron chi connectivity index (χ4n) is 8.10. The molecule has 0 unspecified atom stereocenters. The maximum absolute atomic E-state index is 14.9. The molecule has 11 nitrogen and oxygen atoms in total. The normalized spacial score (nSPS) is 25.1.